The van der Waals surface area contributed by atoms with Crippen molar-refractivity contribution in [1.29, 1.82) is 0 Å². The maximum atomic E-state index is 12.3. The highest BCUT2D eigenvalue weighted by atomic mass is 32.2. The summed E-state index contributed by atoms with van der Waals surface area (Å²) in [5.74, 6) is 0. The lowest BCUT2D eigenvalue weighted by atomic mass is 10.0. The minimum Gasteiger partial charge on any atom is -0.314 e. The molecule has 114 valence electrons. The highest BCUT2D eigenvalue weighted by Gasteiger charge is 2.21. The molecule has 0 saturated carbocycles. The first kappa shape index (κ1) is 15.5. The Morgan fingerprint density at radius 2 is 2.30 bits per heavy atom. The van der Waals surface area contributed by atoms with Crippen molar-refractivity contribution in [2.24, 2.45) is 0 Å². The van der Waals surface area contributed by atoms with Gasteiger partial charge in [-0.3, -0.25) is 4.68 Å². The summed E-state index contributed by atoms with van der Waals surface area (Å²) in [7, 11) is -3.47. The SMILES string of the molecule is CC(C)n1nccc1S(=O)(=O)NCC[C@@H]1CCCCN1. The molecule has 0 aliphatic carbocycles. The van der Waals surface area contributed by atoms with Crippen LogP contribution in [0.5, 0.6) is 0 Å². The maximum absolute atomic E-state index is 12.3. The first-order chi connectivity index (χ1) is 9.50. The van der Waals surface area contributed by atoms with E-state index in [0.717, 1.165) is 19.4 Å². The summed E-state index contributed by atoms with van der Waals surface area (Å²) in [6.45, 7) is 5.33. The van der Waals surface area contributed by atoms with E-state index in [1.54, 1.807) is 6.07 Å². The van der Waals surface area contributed by atoms with E-state index in [2.05, 4.69) is 15.1 Å². The minimum atomic E-state index is -3.47. The Hall–Kier alpha value is -0.920. The molecule has 0 spiro atoms. The third-order valence-electron chi connectivity index (χ3n) is 3.60. The Labute approximate surface area is 121 Å². The smallest absolute Gasteiger partial charge is 0.257 e. The van der Waals surface area contributed by atoms with Gasteiger partial charge in [0.15, 0.2) is 5.03 Å². The molecule has 7 heteroatoms. The van der Waals surface area contributed by atoms with Crippen molar-refractivity contribution >= 4 is 10.0 Å². The lowest BCUT2D eigenvalue weighted by molar-refractivity contribution is 0.382. The predicted molar refractivity (Wildman–Crippen MR) is 78.1 cm³/mol. The van der Waals surface area contributed by atoms with Gasteiger partial charge in [-0.05, 0) is 45.7 Å². The van der Waals surface area contributed by atoms with Crippen LogP contribution in [0, 0.1) is 0 Å². The molecule has 20 heavy (non-hydrogen) atoms. The minimum absolute atomic E-state index is 0.0246. The second-order valence-corrected chi connectivity index (χ2v) is 7.25. The molecule has 1 aromatic rings. The standard InChI is InChI=1S/C13H24N4O2S/c1-11(2)17-13(7-9-15-17)20(18,19)16-10-6-12-5-3-4-8-14-12/h7,9,11-12,14,16H,3-6,8,10H2,1-2H3/t12-/m0/s1. The van der Waals surface area contributed by atoms with Gasteiger partial charge in [-0.25, -0.2) is 13.1 Å². The zero-order valence-corrected chi connectivity index (χ0v) is 13.0. The monoisotopic (exact) mass is 300 g/mol. The quantitative estimate of drug-likeness (QED) is 0.829. The molecule has 1 fully saturated rings. The van der Waals surface area contributed by atoms with Crippen LogP contribution in [-0.2, 0) is 10.0 Å². The van der Waals surface area contributed by atoms with Crippen LogP contribution in [0.3, 0.4) is 0 Å². The van der Waals surface area contributed by atoms with Crippen molar-refractivity contribution < 1.29 is 8.42 Å². The van der Waals surface area contributed by atoms with Gasteiger partial charge < -0.3 is 5.32 Å². The number of piperidine rings is 1. The Morgan fingerprint density at radius 1 is 1.50 bits per heavy atom. The fraction of sp³-hybridized carbons (Fsp3) is 0.769. The Balaban J connectivity index is 1.92. The van der Waals surface area contributed by atoms with Gasteiger partial charge in [0.2, 0.25) is 0 Å². The normalized spacial score (nSPS) is 20.4. The highest BCUT2D eigenvalue weighted by Crippen LogP contribution is 2.14. The van der Waals surface area contributed by atoms with Crippen LogP contribution in [-0.4, -0.2) is 37.3 Å². The molecule has 1 aliphatic rings. The summed E-state index contributed by atoms with van der Waals surface area (Å²) in [5.41, 5.74) is 0. The van der Waals surface area contributed by atoms with Crippen molar-refractivity contribution in [3.05, 3.63) is 12.3 Å². The molecule has 1 saturated heterocycles. The third-order valence-corrected chi connectivity index (χ3v) is 5.05. The van der Waals surface area contributed by atoms with Gasteiger partial charge in [0, 0.05) is 18.6 Å². The van der Waals surface area contributed by atoms with E-state index in [1.807, 2.05) is 13.8 Å². The van der Waals surface area contributed by atoms with E-state index in [1.165, 1.54) is 23.7 Å². The second kappa shape index (κ2) is 6.69. The summed E-state index contributed by atoms with van der Waals surface area (Å²) in [4.78, 5) is 0. The maximum Gasteiger partial charge on any atom is 0.257 e. The van der Waals surface area contributed by atoms with Gasteiger partial charge in [-0.15, -0.1) is 0 Å². The molecule has 1 aliphatic heterocycles. The van der Waals surface area contributed by atoms with Gasteiger partial charge in [0.1, 0.15) is 0 Å². The number of nitrogens with zero attached hydrogens (tertiary/aromatic N) is 2. The van der Waals surface area contributed by atoms with E-state index in [4.69, 9.17) is 0 Å². The Kier molecular flexibility index (Phi) is 5.17. The van der Waals surface area contributed by atoms with E-state index >= 15 is 0 Å². The molecule has 0 aromatic carbocycles. The largest absolute Gasteiger partial charge is 0.314 e. The summed E-state index contributed by atoms with van der Waals surface area (Å²) < 4.78 is 28.7. The van der Waals surface area contributed by atoms with E-state index in [9.17, 15) is 8.42 Å². The topological polar surface area (TPSA) is 76.0 Å². The first-order valence-electron chi connectivity index (χ1n) is 7.27. The van der Waals surface area contributed by atoms with Crippen LogP contribution in [0.15, 0.2) is 17.3 Å². The molecule has 2 N–H and O–H groups in total. The molecule has 0 amide bonds. The fourth-order valence-corrected chi connectivity index (χ4v) is 3.79. The second-order valence-electron chi connectivity index (χ2n) is 5.54. The van der Waals surface area contributed by atoms with Crippen LogP contribution in [0.2, 0.25) is 0 Å². The molecule has 6 nitrogen and oxygen atoms in total. The zero-order valence-electron chi connectivity index (χ0n) is 12.2. The van der Waals surface area contributed by atoms with Gasteiger partial charge in [-0.2, -0.15) is 5.10 Å². The number of sulfonamides is 1. The first-order valence-corrected chi connectivity index (χ1v) is 8.75. The number of rotatable bonds is 6. The van der Waals surface area contributed by atoms with Crippen LogP contribution >= 0.6 is 0 Å². The number of hydrogen-bond acceptors (Lipinski definition) is 4. The van der Waals surface area contributed by atoms with Crippen molar-refractivity contribution in [3.63, 3.8) is 0 Å². The predicted octanol–water partition coefficient (Wildman–Crippen LogP) is 1.27. The van der Waals surface area contributed by atoms with Crippen LogP contribution in [0.4, 0.5) is 0 Å². The van der Waals surface area contributed by atoms with Crippen molar-refractivity contribution in [2.75, 3.05) is 13.1 Å². The van der Waals surface area contributed by atoms with E-state index in [-0.39, 0.29) is 11.1 Å². The van der Waals surface area contributed by atoms with Crippen molar-refractivity contribution in [3.8, 4) is 0 Å². The molecule has 1 atom stereocenters. The van der Waals surface area contributed by atoms with Crippen LogP contribution < -0.4 is 10.0 Å². The molecule has 2 rings (SSSR count). The summed E-state index contributed by atoms with van der Waals surface area (Å²) in [5, 5.41) is 7.72. The molecule has 0 unspecified atom stereocenters. The van der Waals surface area contributed by atoms with Gasteiger partial charge >= 0.3 is 0 Å². The Bertz CT molecular complexity index is 518. The van der Waals surface area contributed by atoms with Gasteiger partial charge in [0.25, 0.3) is 10.0 Å². The fourth-order valence-electron chi connectivity index (χ4n) is 2.51. The molecular formula is C13H24N4O2S. The summed E-state index contributed by atoms with van der Waals surface area (Å²) in [6, 6.07) is 2.00. The van der Waals surface area contributed by atoms with E-state index in [0.29, 0.717) is 12.6 Å². The highest BCUT2D eigenvalue weighted by molar-refractivity contribution is 7.89. The lowest BCUT2D eigenvalue weighted by Crippen LogP contribution is -2.37. The summed E-state index contributed by atoms with van der Waals surface area (Å²) >= 11 is 0. The summed E-state index contributed by atoms with van der Waals surface area (Å²) in [6.07, 6.45) is 5.93. The van der Waals surface area contributed by atoms with Crippen LogP contribution in [0.25, 0.3) is 0 Å². The number of hydrogen-bond donors (Lipinski definition) is 2. The molecule has 1 aromatic heterocycles. The van der Waals surface area contributed by atoms with Gasteiger partial charge in [0.05, 0.1) is 6.20 Å². The average molecular weight is 300 g/mol. The zero-order chi connectivity index (χ0) is 14.6. The molecule has 2 heterocycles. The number of aromatic nitrogens is 2. The van der Waals surface area contributed by atoms with E-state index < -0.39 is 10.0 Å². The molecular weight excluding hydrogens is 276 g/mol. The van der Waals surface area contributed by atoms with Crippen molar-refractivity contribution in [1.82, 2.24) is 19.8 Å². The van der Waals surface area contributed by atoms with Crippen LogP contribution in [0.1, 0.15) is 45.6 Å². The van der Waals surface area contributed by atoms with Crippen molar-refractivity contribution in [2.45, 2.75) is 56.6 Å². The molecule has 0 bridgehead atoms. The average Bonchev–Trinajstić information content (AvgIpc) is 2.90. The lowest BCUT2D eigenvalue weighted by Gasteiger charge is -2.23. The third kappa shape index (κ3) is 3.80. The van der Waals surface area contributed by atoms with Gasteiger partial charge in [-0.1, -0.05) is 6.42 Å². The number of nitrogens with one attached hydrogen (secondary N) is 2. The molecule has 0 radical (unpaired) electrons. The Morgan fingerprint density at radius 3 is 2.95 bits per heavy atom.